The minimum atomic E-state index is -0.548. The van der Waals surface area contributed by atoms with Crippen LogP contribution in [-0.4, -0.2) is 16.8 Å². The molecule has 114 valence electrons. The number of carbonyl (C=O) groups is 1. The lowest BCUT2D eigenvalue weighted by Crippen LogP contribution is -2.01. The number of cyclic esters (lactones) is 1. The molecule has 0 saturated heterocycles. The number of carbonyl (C=O) groups excluding carboxylic acids is 1. The number of nitro groups is 1. The van der Waals surface area contributed by atoms with Crippen molar-refractivity contribution < 1.29 is 14.5 Å². The molecule has 1 aromatic carbocycles. The molecule has 2 aromatic rings. The summed E-state index contributed by atoms with van der Waals surface area (Å²) < 4.78 is 5.06. The number of nitro benzene ring substituents is 1. The van der Waals surface area contributed by atoms with Gasteiger partial charge in [0.15, 0.2) is 5.70 Å². The third-order valence-corrected chi connectivity index (χ3v) is 3.71. The van der Waals surface area contributed by atoms with Gasteiger partial charge in [-0.05, 0) is 52.2 Å². The van der Waals surface area contributed by atoms with Gasteiger partial charge in [0.05, 0.1) is 4.92 Å². The predicted molar refractivity (Wildman–Crippen MR) is 88.0 cm³/mol. The number of hydrogen-bond acceptors (Lipinski definition) is 6. The summed E-state index contributed by atoms with van der Waals surface area (Å²) in [5.74, 6) is -0.331. The maximum Gasteiger partial charge on any atom is 0.363 e. The van der Waals surface area contributed by atoms with Crippen LogP contribution in [0.25, 0.3) is 12.2 Å². The number of thiophene rings is 1. The van der Waals surface area contributed by atoms with Crippen LogP contribution < -0.4 is 0 Å². The number of non-ortho nitro benzene ring substituents is 1. The predicted octanol–water partition coefficient (Wildman–Crippen LogP) is 3.67. The Morgan fingerprint density at radius 1 is 1.13 bits per heavy atom. The number of rotatable bonds is 4. The number of hydrogen-bond donors (Lipinski definition) is 0. The van der Waals surface area contributed by atoms with Crippen LogP contribution in [0.15, 0.2) is 57.9 Å². The van der Waals surface area contributed by atoms with Crippen LogP contribution in [-0.2, 0) is 9.53 Å². The average Bonchev–Trinajstić information content (AvgIpc) is 3.16. The van der Waals surface area contributed by atoms with E-state index in [1.54, 1.807) is 35.6 Å². The second-order valence-corrected chi connectivity index (χ2v) is 5.39. The molecule has 2 heterocycles. The highest BCUT2D eigenvalue weighted by Gasteiger charge is 2.21. The molecule has 1 aliphatic rings. The van der Waals surface area contributed by atoms with Crippen LogP contribution in [0.2, 0.25) is 0 Å². The van der Waals surface area contributed by atoms with Crippen LogP contribution >= 0.6 is 11.3 Å². The molecule has 23 heavy (non-hydrogen) atoms. The molecule has 0 amide bonds. The van der Waals surface area contributed by atoms with Crippen molar-refractivity contribution in [2.45, 2.75) is 0 Å². The quantitative estimate of drug-likeness (QED) is 0.371. The molecule has 0 saturated carbocycles. The van der Waals surface area contributed by atoms with E-state index in [4.69, 9.17) is 4.74 Å². The van der Waals surface area contributed by atoms with Gasteiger partial charge in [-0.2, -0.15) is 11.3 Å². The SMILES string of the molecule is O=C1OC(/C=C/c2ccsc2)=NC/1=C\c1ccc([N+](=O)[O-])cc1. The summed E-state index contributed by atoms with van der Waals surface area (Å²) in [7, 11) is 0. The maximum atomic E-state index is 11.8. The molecule has 7 heteroatoms. The number of benzene rings is 1. The molecule has 0 aliphatic carbocycles. The topological polar surface area (TPSA) is 81.8 Å². The first-order valence-corrected chi connectivity index (χ1v) is 7.53. The third kappa shape index (κ3) is 3.58. The summed E-state index contributed by atoms with van der Waals surface area (Å²) in [5, 5.41) is 14.5. The minimum Gasteiger partial charge on any atom is -0.403 e. The fourth-order valence-electron chi connectivity index (χ4n) is 1.88. The highest BCUT2D eigenvalue weighted by Crippen LogP contribution is 2.19. The fourth-order valence-corrected chi connectivity index (χ4v) is 2.51. The van der Waals surface area contributed by atoms with Crippen molar-refractivity contribution in [3.63, 3.8) is 0 Å². The molecule has 6 nitrogen and oxygen atoms in total. The molecule has 0 spiro atoms. The lowest BCUT2D eigenvalue weighted by molar-refractivity contribution is -0.384. The van der Waals surface area contributed by atoms with Gasteiger partial charge in [0, 0.05) is 18.2 Å². The van der Waals surface area contributed by atoms with E-state index in [-0.39, 0.29) is 17.3 Å². The first kappa shape index (κ1) is 14.9. The van der Waals surface area contributed by atoms with E-state index in [1.807, 2.05) is 16.8 Å². The van der Waals surface area contributed by atoms with Crippen LogP contribution in [0, 0.1) is 10.1 Å². The summed E-state index contributed by atoms with van der Waals surface area (Å²) in [6, 6.07) is 7.77. The van der Waals surface area contributed by atoms with Gasteiger partial charge in [-0.15, -0.1) is 0 Å². The van der Waals surface area contributed by atoms with Crippen molar-refractivity contribution in [2.75, 3.05) is 0 Å². The lowest BCUT2D eigenvalue weighted by atomic mass is 10.2. The van der Waals surface area contributed by atoms with Crippen molar-refractivity contribution in [2.24, 2.45) is 4.99 Å². The van der Waals surface area contributed by atoms with E-state index in [2.05, 4.69) is 4.99 Å². The molecule has 0 radical (unpaired) electrons. The van der Waals surface area contributed by atoms with E-state index in [0.29, 0.717) is 5.56 Å². The van der Waals surface area contributed by atoms with Crippen molar-refractivity contribution >= 4 is 41.0 Å². The van der Waals surface area contributed by atoms with Gasteiger partial charge in [-0.25, -0.2) is 9.79 Å². The van der Waals surface area contributed by atoms with E-state index in [0.717, 1.165) is 5.56 Å². The third-order valence-electron chi connectivity index (χ3n) is 3.01. The molecule has 1 aromatic heterocycles. The highest BCUT2D eigenvalue weighted by molar-refractivity contribution is 7.08. The Kier molecular flexibility index (Phi) is 4.11. The largest absolute Gasteiger partial charge is 0.403 e. The Balaban J connectivity index is 1.79. The first-order valence-electron chi connectivity index (χ1n) is 6.59. The Labute approximate surface area is 135 Å². The maximum absolute atomic E-state index is 11.8. The first-order chi connectivity index (χ1) is 11.1. The van der Waals surface area contributed by atoms with Crippen LogP contribution in [0.5, 0.6) is 0 Å². The molecule has 0 N–H and O–H groups in total. The summed E-state index contributed by atoms with van der Waals surface area (Å²) >= 11 is 1.57. The summed E-state index contributed by atoms with van der Waals surface area (Å²) in [5.41, 5.74) is 1.78. The Morgan fingerprint density at radius 3 is 2.57 bits per heavy atom. The molecular weight excluding hydrogens is 316 g/mol. The smallest absolute Gasteiger partial charge is 0.363 e. The zero-order valence-corrected chi connectivity index (χ0v) is 12.5. The van der Waals surface area contributed by atoms with E-state index < -0.39 is 10.9 Å². The summed E-state index contributed by atoms with van der Waals surface area (Å²) in [6.45, 7) is 0. The van der Waals surface area contributed by atoms with Gasteiger partial charge in [-0.3, -0.25) is 10.1 Å². The lowest BCUT2D eigenvalue weighted by Gasteiger charge is -1.94. The van der Waals surface area contributed by atoms with Gasteiger partial charge in [-0.1, -0.05) is 0 Å². The van der Waals surface area contributed by atoms with Gasteiger partial charge in [0.25, 0.3) is 5.69 Å². The van der Waals surface area contributed by atoms with Crippen molar-refractivity contribution in [1.29, 1.82) is 0 Å². The molecule has 0 unspecified atom stereocenters. The van der Waals surface area contributed by atoms with Crippen molar-refractivity contribution in [3.8, 4) is 0 Å². The van der Waals surface area contributed by atoms with E-state index >= 15 is 0 Å². The number of ether oxygens (including phenoxy) is 1. The summed E-state index contributed by atoms with van der Waals surface area (Å²) in [6.07, 6.45) is 4.95. The zero-order chi connectivity index (χ0) is 16.2. The van der Waals surface area contributed by atoms with E-state index in [1.165, 1.54) is 18.2 Å². The highest BCUT2D eigenvalue weighted by atomic mass is 32.1. The molecule has 0 fully saturated rings. The Hall–Kier alpha value is -3.06. The van der Waals surface area contributed by atoms with Gasteiger partial charge in [0.2, 0.25) is 5.90 Å². The monoisotopic (exact) mass is 326 g/mol. The Bertz CT molecular complexity index is 833. The summed E-state index contributed by atoms with van der Waals surface area (Å²) in [4.78, 5) is 26.0. The van der Waals surface area contributed by atoms with Crippen LogP contribution in [0.4, 0.5) is 5.69 Å². The molecule has 1 aliphatic heterocycles. The molecular formula is C16H10N2O4S. The van der Waals surface area contributed by atoms with Crippen LogP contribution in [0.3, 0.4) is 0 Å². The van der Waals surface area contributed by atoms with E-state index in [9.17, 15) is 14.9 Å². The number of nitrogens with zero attached hydrogens (tertiary/aromatic N) is 2. The molecule has 0 atom stereocenters. The van der Waals surface area contributed by atoms with Crippen molar-refractivity contribution in [1.82, 2.24) is 0 Å². The van der Waals surface area contributed by atoms with Gasteiger partial charge < -0.3 is 4.74 Å². The number of esters is 1. The second-order valence-electron chi connectivity index (χ2n) is 4.61. The van der Waals surface area contributed by atoms with Crippen molar-refractivity contribution in [3.05, 3.63) is 74.1 Å². The van der Waals surface area contributed by atoms with Gasteiger partial charge >= 0.3 is 5.97 Å². The minimum absolute atomic E-state index is 0.0102. The number of aliphatic imine (C=N–C) groups is 1. The average molecular weight is 326 g/mol. The van der Waals surface area contributed by atoms with Crippen LogP contribution in [0.1, 0.15) is 11.1 Å². The normalized spacial score (nSPS) is 15.9. The second kappa shape index (κ2) is 6.37. The zero-order valence-electron chi connectivity index (χ0n) is 11.7. The van der Waals surface area contributed by atoms with Gasteiger partial charge in [0.1, 0.15) is 0 Å². The fraction of sp³-hybridized carbons (Fsp3) is 0. The Morgan fingerprint density at radius 2 is 1.91 bits per heavy atom. The molecule has 0 bridgehead atoms. The standard InChI is InChI=1S/C16H10N2O4S/c19-16-14(9-11-1-4-13(5-2-11)18(20)21)17-15(22-16)6-3-12-7-8-23-10-12/h1-10H/b6-3+,14-9-. The molecule has 3 rings (SSSR count).